The SMILES string of the molecule is Cc1cc(C)c([N+](=O)[O-])c(NCc2ccc3nc(-c4ccccc4-c4nnn(C(c5ccccc5)(c5ccccc5)c5ccccc5)n4)ccc3c2)n1. The molecule has 0 spiro atoms. The lowest BCUT2D eigenvalue weighted by Gasteiger charge is -2.34. The van der Waals surface area contributed by atoms with Crippen LogP contribution in [0, 0.1) is 24.0 Å². The average Bonchev–Trinajstić information content (AvgIpc) is 3.68. The molecule has 0 saturated heterocycles. The molecule has 0 bridgehead atoms. The summed E-state index contributed by atoms with van der Waals surface area (Å²) in [6.45, 7) is 3.92. The van der Waals surface area contributed by atoms with Gasteiger partial charge in [-0.2, -0.15) is 0 Å². The highest BCUT2D eigenvalue weighted by Gasteiger charge is 2.41. The fraction of sp³-hybridized carbons (Fsp3) is 0.0930. The maximum atomic E-state index is 11.7. The van der Waals surface area contributed by atoms with Crippen LogP contribution >= 0.6 is 0 Å². The van der Waals surface area contributed by atoms with Crippen LogP contribution in [0.15, 0.2) is 152 Å². The van der Waals surface area contributed by atoms with Gasteiger partial charge in [0.15, 0.2) is 5.54 Å². The molecule has 0 radical (unpaired) electrons. The van der Waals surface area contributed by atoms with Crippen molar-refractivity contribution in [3.63, 3.8) is 0 Å². The van der Waals surface area contributed by atoms with Crippen molar-refractivity contribution in [2.45, 2.75) is 25.9 Å². The van der Waals surface area contributed by atoms with Crippen LogP contribution in [-0.4, -0.2) is 35.1 Å². The number of aromatic nitrogens is 6. The number of benzene rings is 5. The Bertz CT molecular complexity index is 2480. The van der Waals surface area contributed by atoms with Gasteiger partial charge >= 0.3 is 5.69 Å². The minimum absolute atomic E-state index is 0.0122. The highest BCUT2D eigenvalue weighted by molar-refractivity contribution is 5.85. The zero-order valence-electron chi connectivity index (χ0n) is 29.1. The number of aryl methyl sites for hydroxylation is 2. The van der Waals surface area contributed by atoms with Crippen LogP contribution in [0.4, 0.5) is 11.5 Å². The van der Waals surface area contributed by atoms with Gasteiger partial charge in [0.25, 0.3) is 0 Å². The smallest absolute Gasteiger partial charge is 0.314 e. The number of nitrogens with one attached hydrogen (secondary N) is 1. The molecule has 0 aliphatic rings. The van der Waals surface area contributed by atoms with Gasteiger partial charge in [0.05, 0.1) is 16.1 Å². The Morgan fingerprint density at radius 2 is 1.30 bits per heavy atom. The van der Waals surface area contributed by atoms with Gasteiger partial charge in [0, 0.05) is 34.3 Å². The third-order valence-electron chi connectivity index (χ3n) is 9.44. The average molecular weight is 695 g/mol. The van der Waals surface area contributed by atoms with E-state index in [1.165, 1.54) is 0 Å². The monoisotopic (exact) mass is 694 g/mol. The second-order valence-corrected chi connectivity index (χ2v) is 12.9. The van der Waals surface area contributed by atoms with E-state index in [1.54, 1.807) is 17.8 Å². The van der Waals surface area contributed by atoms with Gasteiger partial charge in [-0.15, -0.1) is 15.0 Å². The van der Waals surface area contributed by atoms with E-state index >= 15 is 0 Å². The van der Waals surface area contributed by atoms with Crippen molar-refractivity contribution in [2.24, 2.45) is 0 Å². The minimum atomic E-state index is -0.892. The number of nitrogens with zero attached hydrogens (tertiary/aromatic N) is 7. The lowest BCUT2D eigenvalue weighted by Crippen LogP contribution is -2.39. The van der Waals surface area contributed by atoms with E-state index in [9.17, 15) is 10.1 Å². The van der Waals surface area contributed by atoms with Crippen LogP contribution in [0.1, 0.15) is 33.5 Å². The Morgan fingerprint density at radius 1 is 0.698 bits per heavy atom. The van der Waals surface area contributed by atoms with Gasteiger partial charge in [-0.1, -0.05) is 127 Å². The topological polar surface area (TPSA) is 125 Å². The van der Waals surface area contributed by atoms with Gasteiger partial charge in [0.1, 0.15) is 0 Å². The fourth-order valence-corrected chi connectivity index (χ4v) is 7.05. The molecule has 3 heterocycles. The van der Waals surface area contributed by atoms with Crippen molar-refractivity contribution in [1.29, 1.82) is 0 Å². The van der Waals surface area contributed by atoms with Crippen molar-refractivity contribution < 1.29 is 4.92 Å². The molecule has 0 aliphatic carbocycles. The van der Waals surface area contributed by atoms with E-state index in [4.69, 9.17) is 15.3 Å². The molecule has 0 saturated carbocycles. The summed E-state index contributed by atoms with van der Waals surface area (Å²) in [7, 11) is 0. The second kappa shape index (κ2) is 13.9. The van der Waals surface area contributed by atoms with Gasteiger partial charge in [-0.25, -0.2) is 9.97 Å². The highest BCUT2D eigenvalue weighted by Crippen LogP contribution is 2.40. The molecule has 3 aromatic heterocycles. The Balaban J connectivity index is 1.15. The lowest BCUT2D eigenvalue weighted by molar-refractivity contribution is -0.384. The summed E-state index contributed by atoms with van der Waals surface area (Å²) in [6, 6.07) is 50.4. The first kappa shape index (κ1) is 33.1. The van der Waals surface area contributed by atoms with Crippen molar-refractivity contribution >= 4 is 22.4 Å². The highest BCUT2D eigenvalue weighted by atomic mass is 16.6. The first-order chi connectivity index (χ1) is 25.9. The standard InChI is InChI=1S/C43H34N8O2/c1-29-26-30(2)45-42(40(29)50(52)53)44-28-31-22-24-38-32(27-31)23-25-39(46-38)36-20-12-13-21-37(36)41-47-49-51(48-41)43(33-14-6-3-7-15-33,34-16-8-4-9-17-34)35-18-10-5-11-19-35/h3-27H,28H2,1-2H3,(H,44,45). The molecular weight excluding hydrogens is 661 g/mol. The summed E-state index contributed by atoms with van der Waals surface area (Å²) in [5.41, 5.74) is 7.59. The molecule has 53 heavy (non-hydrogen) atoms. The Hall–Kier alpha value is -7.07. The number of pyridine rings is 2. The molecule has 0 amide bonds. The van der Waals surface area contributed by atoms with Crippen molar-refractivity contribution in [3.05, 3.63) is 195 Å². The van der Waals surface area contributed by atoms with Crippen LogP contribution < -0.4 is 5.32 Å². The Morgan fingerprint density at radius 3 is 1.92 bits per heavy atom. The summed E-state index contributed by atoms with van der Waals surface area (Å²) in [5.74, 6) is 0.738. The van der Waals surface area contributed by atoms with E-state index in [0.29, 0.717) is 23.6 Å². The number of rotatable bonds is 10. The molecule has 0 atom stereocenters. The molecule has 5 aromatic carbocycles. The predicted molar refractivity (Wildman–Crippen MR) is 206 cm³/mol. The van der Waals surface area contributed by atoms with Crippen LogP contribution in [0.5, 0.6) is 0 Å². The fourth-order valence-electron chi connectivity index (χ4n) is 7.05. The Kier molecular flexibility index (Phi) is 8.69. The van der Waals surface area contributed by atoms with E-state index in [-0.39, 0.29) is 11.5 Å². The molecule has 0 fully saturated rings. The third kappa shape index (κ3) is 6.16. The quantitative estimate of drug-likeness (QED) is 0.0855. The van der Waals surface area contributed by atoms with E-state index < -0.39 is 10.5 Å². The molecule has 8 rings (SSSR count). The summed E-state index contributed by atoms with van der Waals surface area (Å²) in [6.07, 6.45) is 0. The van der Waals surface area contributed by atoms with Crippen molar-refractivity contribution in [2.75, 3.05) is 5.32 Å². The van der Waals surface area contributed by atoms with Gasteiger partial charge in [0.2, 0.25) is 11.6 Å². The van der Waals surface area contributed by atoms with E-state index in [0.717, 1.165) is 50.0 Å². The Labute approximate surface area is 306 Å². The molecule has 0 unspecified atom stereocenters. The number of fused-ring (bicyclic) bond motifs is 1. The molecule has 0 aliphatic heterocycles. The van der Waals surface area contributed by atoms with Gasteiger partial charge in [-0.05, 0) is 65.6 Å². The number of nitro groups is 1. The summed E-state index contributed by atoms with van der Waals surface area (Å²) >= 11 is 0. The zero-order valence-corrected chi connectivity index (χ0v) is 29.1. The zero-order chi connectivity index (χ0) is 36.4. The lowest BCUT2D eigenvalue weighted by atomic mass is 9.77. The normalized spacial score (nSPS) is 11.4. The largest absolute Gasteiger partial charge is 0.360 e. The van der Waals surface area contributed by atoms with Crippen molar-refractivity contribution in [1.82, 2.24) is 30.2 Å². The van der Waals surface area contributed by atoms with Gasteiger partial charge in [-0.3, -0.25) is 10.1 Å². The molecule has 10 nitrogen and oxygen atoms in total. The molecule has 8 aromatic rings. The van der Waals surface area contributed by atoms with Crippen LogP contribution in [-0.2, 0) is 12.1 Å². The summed E-state index contributed by atoms with van der Waals surface area (Å²) in [5, 5.41) is 30.4. The third-order valence-corrected chi connectivity index (χ3v) is 9.44. The summed E-state index contributed by atoms with van der Waals surface area (Å²) < 4.78 is 0. The van der Waals surface area contributed by atoms with E-state index in [1.807, 2.05) is 116 Å². The van der Waals surface area contributed by atoms with Crippen LogP contribution in [0.25, 0.3) is 33.5 Å². The number of tetrazole rings is 1. The number of anilines is 1. The van der Waals surface area contributed by atoms with E-state index in [2.05, 4.69) is 51.8 Å². The second-order valence-electron chi connectivity index (χ2n) is 12.9. The molecule has 258 valence electrons. The molecule has 1 N–H and O–H groups in total. The minimum Gasteiger partial charge on any atom is -0.360 e. The van der Waals surface area contributed by atoms with Crippen LogP contribution in [0.3, 0.4) is 0 Å². The number of hydrogen-bond donors (Lipinski definition) is 1. The van der Waals surface area contributed by atoms with Crippen molar-refractivity contribution in [3.8, 4) is 22.6 Å². The first-order valence-corrected chi connectivity index (χ1v) is 17.2. The van der Waals surface area contributed by atoms with Crippen LogP contribution in [0.2, 0.25) is 0 Å². The number of hydrogen-bond acceptors (Lipinski definition) is 8. The predicted octanol–water partition coefficient (Wildman–Crippen LogP) is 8.93. The van der Waals surface area contributed by atoms with Gasteiger partial charge < -0.3 is 5.32 Å². The molecule has 10 heteroatoms. The summed E-state index contributed by atoms with van der Waals surface area (Å²) in [4.78, 5) is 22.5. The maximum absolute atomic E-state index is 11.7. The first-order valence-electron chi connectivity index (χ1n) is 17.2. The molecular formula is C43H34N8O2. The maximum Gasteiger partial charge on any atom is 0.314 e.